The third-order valence-corrected chi connectivity index (χ3v) is 5.31. The van der Waals surface area contributed by atoms with E-state index in [1.54, 1.807) is 6.07 Å². The van der Waals surface area contributed by atoms with Crippen LogP contribution in [0.4, 0.5) is 14.9 Å². The fourth-order valence-corrected chi connectivity index (χ4v) is 3.71. The Morgan fingerprint density at radius 1 is 1.16 bits per heavy atom. The first-order valence-electron chi connectivity index (χ1n) is 9.39. The van der Waals surface area contributed by atoms with Gasteiger partial charge >= 0.3 is 11.8 Å². The minimum Gasteiger partial charge on any atom is -0.408 e. The standard InChI is InChI=1S/C20H17FN4O6/c1-20(13-5-2-3-6-14(13)21)17(26)24(18(27)22-20)10-4-9-23-15-11-12(25(29)30)7-8-16(15)31-19(23)28/h2-3,5-8,11H,4,9-10H2,1H3,(H,22,27). The van der Waals surface area contributed by atoms with Crippen molar-refractivity contribution in [3.63, 3.8) is 0 Å². The highest BCUT2D eigenvalue weighted by Gasteiger charge is 2.49. The summed E-state index contributed by atoms with van der Waals surface area (Å²) < 4.78 is 20.5. The van der Waals surface area contributed by atoms with Crippen LogP contribution in [0.2, 0.25) is 0 Å². The second-order valence-electron chi connectivity index (χ2n) is 7.27. The van der Waals surface area contributed by atoms with Gasteiger partial charge in [-0.3, -0.25) is 24.4 Å². The number of nitro benzene ring substituents is 1. The van der Waals surface area contributed by atoms with Crippen LogP contribution in [0.15, 0.2) is 51.7 Å². The molecule has 160 valence electrons. The van der Waals surface area contributed by atoms with Gasteiger partial charge in [0, 0.05) is 30.8 Å². The summed E-state index contributed by atoms with van der Waals surface area (Å²) in [6.07, 6.45) is 0.184. The molecule has 2 aromatic carbocycles. The Morgan fingerprint density at radius 2 is 1.90 bits per heavy atom. The number of nitrogens with one attached hydrogen (secondary N) is 1. The SMILES string of the molecule is CC1(c2ccccc2F)NC(=O)N(CCCn2c(=O)oc3ccc([N+](=O)[O-])cc32)C1=O. The summed E-state index contributed by atoms with van der Waals surface area (Å²) in [4.78, 5) is 48.8. The van der Waals surface area contributed by atoms with Crippen LogP contribution >= 0.6 is 0 Å². The van der Waals surface area contributed by atoms with E-state index in [1.165, 1.54) is 47.9 Å². The van der Waals surface area contributed by atoms with Crippen molar-refractivity contribution in [1.29, 1.82) is 0 Å². The van der Waals surface area contributed by atoms with Crippen molar-refractivity contribution in [2.45, 2.75) is 25.4 Å². The first kappa shape index (κ1) is 20.3. The number of hydrogen-bond acceptors (Lipinski definition) is 6. The van der Waals surface area contributed by atoms with Gasteiger partial charge in [0.2, 0.25) is 0 Å². The van der Waals surface area contributed by atoms with Gasteiger partial charge in [-0.15, -0.1) is 0 Å². The molecule has 1 atom stereocenters. The Bertz CT molecular complexity index is 1280. The first-order valence-corrected chi connectivity index (χ1v) is 9.39. The van der Waals surface area contributed by atoms with E-state index in [0.29, 0.717) is 0 Å². The van der Waals surface area contributed by atoms with Gasteiger partial charge in [0.05, 0.1) is 10.4 Å². The summed E-state index contributed by atoms with van der Waals surface area (Å²) in [5, 5.41) is 13.5. The number of rotatable bonds is 6. The normalized spacial score (nSPS) is 18.6. The zero-order valence-corrected chi connectivity index (χ0v) is 16.3. The number of carbonyl (C=O) groups excluding carboxylic acids is 2. The highest BCUT2D eigenvalue weighted by atomic mass is 19.1. The van der Waals surface area contributed by atoms with Crippen LogP contribution in [0.5, 0.6) is 0 Å². The van der Waals surface area contributed by atoms with Crippen LogP contribution in [0.25, 0.3) is 11.1 Å². The predicted octanol–water partition coefficient (Wildman–Crippen LogP) is 2.50. The average molecular weight is 428 g/mol. The molecule has 0 spiro atoms. The largest absolute Gasteiger partial charge is 0.419 e. The lowest BCUT2D eigenvalue weighted by molar-refractivity contribution is -0.384. The van der Waals surface area contributed by atoms with Crippen LogP contribution in [0, 0.1) is 15.9 Å². The minimum atomic E-state index is -1.54. The maximum absolute atomic E-state index is 14.2. The monoisotopic (exact) mass is 428 g/mol. The van der Waals surface area contributed by atoms with E-state index in [1.807, 2.05) is 0 Å². The molecule has 1 unspecified atom stereocenters. The number of aryl methyl sites for hydroxylation is 1. The Labute approximate surface area is 174 Å². The Hall–Kier alpha value is -4.02. The predicted molar refractivity (Wildman–Crippen MR) is 106 cm³/mol. The highest BCUT2D eigenvalue weighted by Crippen LogP contribution is 2.30. The van der Waals surface area contributed by atoms with Gasteiger partial charge in [0.15, 0.2) is 5.58 Å². The molecule has 0 aliphatic carbocycles. The lowest BCUT2D eigenvalue weighted by Crippen LogP contribution is -2.41. The van der Waals surface area contributed by atoms with Crippen molar-refractivity contribution in [3.8, 4) is 0 Å². The fraction of sp³-hybridized carbons (Fsp3) is 0.250. The van der Waals surface area contributed by atoms with E-state index in [-0.39, 0.29) is 41.9 Å². The Kier molecular flexibility index (Phi) is 4.80. The molecule has 4 rings (SSSR count). The summed E-state index contributed by atoms with van der Waals surface area (Å²) in [7, 11) is 0. The van der Waals surface area contributed by atoms with Crippen molar-refractivity contribution >= 4 is 28.7 Å². The molecule has 1 saturated heterocycles. The summed E-state index contributed by atoms with van der Waals surface area (Å²) in [6.45, 7) is 1.45. The number of hydrogen-bond donors (Lipinski definition) is 1. The van der Waals surface area contributed by atoms with Crippen molar-refractivity contribution in [2.75, 3.05) is 6.54 Å². The van der Waals surface area contributed by atoms with Gasteiger partial charge in [-0.2, -0.15) is 0 Å². The average Bonchev–Trinajstić information content (AvgIpc) is 3.15. The fourth-order valence-electron chi connectivity index (χ4n) is 3.71. The van der Waals surface area contributed by atoms with E-state index in [4.69, 9.17) is 4.42 Å². The highest BCUT2D eigenvalue weighted by molar-refractivity contribution is 6.07. The van der Waals surface area contributed by atoms with Crippen molar-refractivity contribution in [2.24, 2.45) is 0 Å². The molecule has 0 bridgehead atoms. The number of imide groups is 1. The number of aromatic nitrogens is 1. The molecule has 1 aromatic heterocycles. The number of amides is 3. The lowest BCUT2D eigenvalue weighted by Gasteiger charge is -2.22. The van der Waals surface area contributed by atoms with E-state index in [0.717, 1.165) is 4.90 Å². The molecule has 0 saturated carbocycles. The second kappa shape index (κ2) is 7.35. The van der Waals surface area contributed by atoms with Crippen LogP contribution in [0.3, 0.4) is 0 Å². The van der Waals surface area contributed by atoms with Crippen LogP contribution in [-0.4, -0.2) is 32.9 Å². The van der Waals surface area contributed by atoms with Crippen LogP contribution in [-0.2, 0) is 16.9 Å². The van der Waals surface area contributed by atoms with E-state index < -0.39 is 34.0 Å². The van der Waals surface area contributed by atoms with E-state index in [2.05, 4.69) is 5.32 Å². The first-order chi connectivity index (χ1) is 14.7. The molecule has 3 aromatic rings. The number of nitrogens with zero attached hydrogens (tertiary/aromatic N) is 3. The maximum Gasteiger partial charge on any atom is 0.419 e. The van der Waals surface area contributed by atoms with Crippen LogP contribution < -0.4 is 11.1 Å². The number of oxazole rings is 1. The molecule has 1 fully saturated rings. The Morgan fingerprint density at radius 3 is 2.61 bits per heavy atom. The van der Waals surface area contributed by atoms with Gasteiger partial charge in [-0.25, -0.2) is 14.0 Å². The molecule has 2 heterocycles. The summed E-state index contributed by atoms with van der Waals surface area (Å²) in [6, 6.07) is 8.81. The molecule has 10 nitrogen and oxygen atoms in total. The van der Waals surface area contributed by atoms with Gasteiger partial charge in [-0.05, 0) is 25.5 Å². The van der Waals surface area contributed by atoms with Gasteiger partial charge in [0.25, 0.3) is 11.6 Å². The number of benzene rings is 2. The van der Waals surface area contributed by atoms with E-state index in [9.17, 15) is 28.9 Å². The van der Waals surface area contributed by atoms with Crippen molar-refractivity contribution < 1.29 is 23.3 Å². The maximum atomic E-state index is 14.2. The molecule has 1 aliphatic rings. The van der Waals surface area contributed by atoms with Gasteiger partial charge in [-0.1, -0.05) is 18.2 Å². The summed E-state index contributed by atoms with van der Waals surface area (Å²) in [5.41, 5.74) is -1.25. The molecule has 3 amide bonds. The quantitative estimate of drug-likeness (QED) is 0.365. The smallest absolute Gasteiger partial charge is 0.408 e. The zero-order chi connectivity index (χ0) is 22.3. The van der Waals surface area contributed by atoms with Crippen molar-refractivity contribution in [3.05, 3.63) is 74.5 Å². The number of urea groups is 1. The lowest BCUT2D eigenvalue weighted by atomic mass is 9.91. The van der Waals surface area contributed by atoms with Gasteiger partial charge in [0.1, 0.15) is 11.4 Å². The zero-order valence-electron chi connectivity index (χ0n) is 16.3. The second-order valence-corrected chi connectivity index (χ2v) is 7.27. The minimum absolute atomic E-state index is 0.0389. The molecule has 31 heavy (non-hydrogen) atoms. The van der Waals surface area contributed by atoms with Crippen LogP contribution in [0.1, 0.15) is 18.9 Å². The molecule has 11 heteroatoms. The Balaban J connectivity index is 1.52. The van der Waals surface area contributed by atoms with E-state index >= 15 is 0 Å². The van der Waals surface area contributed by atoms with Crippen molar-refractivity contribution in [1.82, 2.24) is 14.8 Å². The molecule has 0 radical (unpaired) electrons. The molecule has 1 N–H and O–H groups in total. The number of fused-ring (bicyclic) bond motifs is 1. The molecular formula is C20H17FN4O6. The molecular weight excluding hydrogens is 411 g/mol. The number of carbonyl (C=O) groups is 2. The topological polar surface area (TPSA) is 128 Å². The number of nitro groups is 1. The van der Waals surface area contributed by atoms with Gasteiger partial charge < -0.3 is 9.73 Å². The third kappa shape index (κ3) is 3.33. The third-order valence-electron chi connectivity index (χ3n) is 5.31. The summed E-state index contributed by atoms with van der Waals surface area (Å²) in [5.74, 6) is -1.93. The molecule has 1 aliphatic heterocycles. The summed E-state index contributed by atoms with van der Waals surface area (Å²) >= 11 is 0. The number of non-ortho nitro benzene ring substituents is 1. The number of halogens is 1.